The van der Waals surface area contributed by atoms with Gasteiger partial charge in [0.2, 0.25) is 0 Å². The minimum atomic E-state index is 0.775. The van der Waals surface area contributed by atoms with E-state index >= 15 is 0 Å². The Morgan fingerprint density at radius 1 is 1.12 bits per heavy atom. The molecule has 0 spiro atoms. The lowest BCUT2D eigenvalue weighted by atomic mass is 10.2. The van der Waals surface area contributed by atoms with E-state index in [1.807, 2.05) is 36.5 Å². The first-order chi connectivity index (χ1) is 7.86. The Labute approximate surface area is 94.5 Å². The van der Waals surface area contributed by atoms with Crippen LogP contribution >= 0.6 is 0 Å². The number of benzene rings is 1. The lowest BCUT2D eigenvalue weighted by molar-refractivity contribution is -0.603. The second-order valence-corrected chi connectivity index (χ2v) is 4.24. The van der Waals surface area contributed by atoms with Crippen LogP contribution in [0.2, 0.25) is 0 Å². The molecule has 82 valence electrons. The van der Waals surface area contributed by atoms with Crippen molar-refractivity contribution in [1.29, 1.82) is 0 Å². The highest BCUT2D eigenvalue weighted by Gasteiger charge is 2.22. The number of aryl methyl sites for hydroxylation is 1. The first-order valence-corrected chi connectivity index (χ1v) is 5.73. The molecular formula is C13H14N2O. The van der Waals surface area contributed by atoms with Gasteiger partial charge in [0, 0.05) is 12.0 Å². The van der Waals surface area contributed by atoms with E-state index in [0.717, 1.165) is 41.2 Å². The van der Waals surface area contributed by atoms with E-state index in [0.29, 0.717) is 0 Å². The smallest absolute Gasteiger partial charge is 0.259 e. The summed E-state index contributed by atoms with van der Waals surface area (Å²) in [6, 6.07) is 9.86. The van der Waals surface area contributed by atoms with Crippen molar-refractivity contribution in [1.82, 2.24) is 4.57 Å². The highest BCUT2D eigenvalue weighted by atomic mass is 16.5. The fraction of sp³-hybridized carbons (Fsp3) is 0.308. The molecule has 0 aliphatic carbocycles. The number of hydrogen-bond donors (Lipinski definition) is 0. The maximum Gasteiger partial charge on any atom is 0.259 e. The van der Waals surface area contributed by atoms with Gasteiger partial charge in [-0.1, -0.05) is 30.3 Å². The molecule has 0 saturated carbocycles. The fourth-order valence-electron chi connectivity index (χ4n) is 2.33. The maximum absolute atomic E-state index is 12.1. The van der Waals surface area contributed by atoms with Crippen LogP contribution in [0.5, 0.6) is 0 Å². The van der Waals surface area contributed by atoms with E-state index in [1.54, 1.807) is 0 Å². The summed E-state index contributed by atoms with van der Waals surface area (Å²) in [4.78, 5) is 0. The van der Waals surface area contributed by atoms with Crippen molar-refractivity contribution < 1.29 is 4.73 Å². The molecule has 16 heavy (non-hydrogen) atoms. The van der Waals surface area contributed by atoms with Gasteiger partial charge in [-0.2, -0.15) is 0 Å². The molecule has 1 aliphatic rings. The number of nitrogens with zero attached hydrogens (tertiary/aromatic N) is 2. The monoisotopic (exact) mass is 214 g/mol. The van der Waals surface area contributed by atoms with Crippen LogP contribution in [-0.2, 0) is 13.0 Å². The normalized spacial score (nSPS) is 14.8. The minimum Gasteiger partial charge on any atom is -0.710 e. The van der Waals surface area contributed by atoms with Gasteiger partial charge in [0.05, 0.1) is 6.54 Å². The fourth-order valence-corrected chi connectivity index (χ4v) is 2.33. The summed E-state index contributed by atoms with van der Waals surface area (Å²) in [5.74, 6) is 0.908. The topological polar surface area (TPSA) is 31.9 Å². The largest absolute Gasteiger partial charge is 0.710 e. The molecule has 0 amide bonds. The van der Waals surface area contributed by atoms with Crippen molar-refractivity contribution in [2.24, 2.45) is 0 Å². The summed E-state index contributed by atoms with van der Waals surface area (Å²) in [5, 5.41) is 12.1. The van der Waals surface area contributed by atoms with Crippen molar-refractivity contribution in [3.8, 4) is 11.3 Å². The van der Waals surface area contributed by atoms with Gasteiger partial charge in [0.25, 0.3) is 5.82 Å². The Morgan fingerprint density at radius 3 is 2.69 bits per heavy atom. The molecule has 1 aromatic carbocycles. The lowest BCUT2D eigenvalue weighted by Crippen LogP contribution is -2.34. The summed E-state index contributed by atoms with van der Waals surface area (Å²) in [6.07, 6.45) is 5.18. The molecular weight excluding hydrogens is 200 g/mol. The molecule has 0 bridgehead atoms. The molecule has 0 unspecified atom stereocenters. The van der Waals surface area contributed by atoms with E-state index in [4.69, 9.17) is 0 Å². The number of fused-ring (bicyclic) bond motifs is 1. The molecule has 3 nitrogen and oxygen atoms in total. The molecule has 0 fully saturated rings. The van der Waals surface area contributed by atoms with Gasteiger partial charge < -0.3 is 5.21 Å². The summed E-state index contributed by atoms with van der Waals surface area (Å²) < 4.78 is 3.19. The van der Waals surface area contributed by atoms with Gasteiger partial charge in [-0.05, 0) is 12.8 Å². The highest BCUT2D eigenvalue weighted by Crippen LogP contribution is 2.20. The zero-order valence-corrected chi connectivity index (χ0v) is 9.10. The third kappa shape index (κ3) is 1.40. The van der Waals surface area contributed by atoms with Crippen LogP contribution in [0.4, 0.5) is 0 Å². The predicted octanol–water partition coefficient (Wildman–Crippen LogP) is 2.12. The first kappa shape index (κ1) is 9.46. The van der Waals surface area contributed by atoms with Crippen LogP contribution in [0.1, 0.15) is 18.7 Å². The summed E-state index contributed by atoms with van der Waals surface area (Å²) >= 11 is 0. The van der Waals surface area contributed by atoms with E-state index in [1.165, 1.54) is 6.42 Å². The van der Waals surface area contributed by atoms with Crippen molar-refractivity contribution in [2.45, 2.75) is 25.8 Å². The quantitative estimate of drug-likeness (QED) is 0.528. The predicted molar refractivity (Wildman–Crippen MR) is 61.8 cm³/mol. The van der Waals surface area contributed by atoms with E-state index < -0.39 is 0 Å². The van der Waals surface area contributed by atoms with Gasteiger partial charge in [0.1, 0.15) is 6.20 Å². The third-order valence-electron chi connectivity index (χ3n) is 3.18. The van der Waals surface area contributed by atoms with E-state index in [9.17, 15) is 5.21 Å². The molecule has 1 aromatic heterocycles. The Kier molecular flexibility index (Phi) is 2.17. The van der Waals surface area contributed by atoms with Crippen LogP contribution < -0.4 is 4.73 Å². The van der Waals surface area contributed by atoms with Crippen LogP contribution in [0, 0.1) is 5.21 Å². The Balaban J connectivity index is 2.12. The number of rotatable bonds is 1. The van der Waals surface area contributed by atoms with Crippen molar-refractivity contribution >= 4 is 0 Å². The second kappa shape index (κ2) is 3.67. The minimum absolute atomic E-state index is 0.775. The average Bonchev–Trinajstić information content (AvgIpc) is 2.69. The first-order valence-electron chi connectivity index (χ1n) is 5.73. The SMILES string of the molecule is [O-][n+]1c(-c2ccccc2)cn2c1CCCC2. The van der Waals surface area contributed by atoms with Crippen molar-refractivity contribution in [3.63, 3.8) is 0 Å². The molecule has 1 aliphatic heterocycles. The van der Waals surface area contributed by atoms with Crippen LogP contribution in [-0.4, -0.2) is 4.57 Å². The molecule has 0 atom stereocenters. The van der Waals surface area contributed by atoms with Crippen molar-refractivity contribution in [2.75, 3.05) is 0 Å². The Bertz CT molecular complexity index is 502. The van der Waals surface area contributed by atoms with Crippen LogP contribution in [0.15, 0.2) is 36.5 Å². The van der Waals surface area contributed by atoms with Crippen molar-refractivity contribution in [3.05, 3.63) is 47.6 Å². The van der Waals surface area contributed by atoms with Gasteiger partial charge >= 0.3 is 0 Å². The van der Waals surface area contributed by atoms with Gasteiger partial charge in [0.15, 0.2) is 5.69 Å². The van der Waals surface area contributed by atoms with E-state index in [2.05, 4.69) is 4.57 Å². The molecule has 2 heterocycles. The van der Waals surface area contributed by atoms with Crippen LogP contribution in [0.25, 0.3) is 11.3 Å². The molecule has 0 saturated heterocycles. The standard InChI is InChI=1S/C13H14N2O/c16-15-12(11-6-2-1-3-7-11)10-14-9-5-4-8-13(14)15/h1-3,6-7,10H,4-5,8-9H2. The zero-order chi connectivity index (χ0) is 11.0. The summed E-state index contributed by atoms with van der Waals surface area (Å²) in [5.41, 5.74) is 1.77. The summed E-state index contributed by atoms with van der Waals surface area (Å²) in [6.45, 7) is 0.977. The molecule has 2 aromatic rings. The van der Waals surface area contributed by atoms with Gasteiger partial charge in [-0.15, -0.1) is 0 Å². The molecule has 3 heteroatoms. The number of aromatic nitrogens is 2. The third-order valence-corrected chi connectivity index (χ3v) is 3.18. The maximum atomic E-state index is 12.1. The molecule has 3 rings (SSSR count). The van der Waals surface area contributed by atoms with Crippen LogP contribution in [0.3, 0.4) is 0 Å². The molecule has 0 radical (unpaired) electrons. The second-order valence-electron chi connectivity index (χ2n) is 4.24. The average molecular weight is 214 g/mol. The number of hydrogen-bond acceptors (Lipinski definition) is 1. The Hall–Kier alpha value is -1.77. The van der Waals surface area contributed by atoms with Gasteiger partial charge in [-0.25, -0.2) is 9.30 Å². The van der Waals surface area contributed by atoms with E-state index in [-0.39, 0.29) is 0 Å². The zero-order valence-electron chi connectivity index (χ0n) is 9.10. The number of imidazole rings is 1. The lowest BCUT2D eigenvalue weighted by Gasteiger charge is -2.11. The van der Waals surface area contributed by atoms with Gasteiger partial charge in [-0.3, -0.25) is 0 Å². The highest BCUT2D eigenvalue weighted by molar-refractivity contribution is 5.55. The Morgan fingerprint density at radius 2 is 1.94 bits per heavy atom. The molecule has 0 N–H and O–H groups in total. The summed E-state index contributed by atoms with van der Waals surface area (Å²) in [7, 11) is 0.